The molecule has 1 aromatic heterocycles. The van der Waals surface area contributed by atoms with Crippen LogP contribution in [0, 0.1) is 17.8 Å². The molecule has 1 saturated heterocycles. The normalized spacial score (nSPS) is 28.6. The van der Waals surface area contributed by atoms with Gasteiger partial charge in [-0.1, -0.05) is 23.8 Å². The molecule has 6 rings (SSSR count). The van der Waals surface area contributed by atoms with Crippen molar-refractivity contribution in [2.45, 2.75) is 44.2 Å². The zero-order valence-corrected chi connectivity index (χ0v) is 23.5. The highest BCUT2D eigenvalue weighted by Gasteiger charge is 2.47. The molecule has 5 atom stereocenters. The second-order valence-electron chi connectivity index (χ2n) is 11.5. The number of piperazine rings is 1. The van der Waals surface area contributed by atoms with Crippen LogP contribution in [0.2, 0.25) is 5.02 Å². The summed E-state index contributed by atoms with van der Waals surface area (Å²) in [6.45, 7) is 4.59. The first kappa shape index (κ1) is 26.3. The number of hydrogen-bond donors (Lipinski definition) is 3. The van der Waals surface area contributed by atoms with Crippen LogP contribution in [0.15, 0.2) is 30.5 Å². The molecule has 1 saturated carbocycles. The van der Waals surface area contributed by atoms with E-state index in [1.165, 1.54) is 17.5 Å². The van der Waals surface area contributed by atoms with E-state index in [0.717, 1.165) is 63.3 Å². The van der Waals surface area contributed by atoms with Crippen molar-refractivity contribution < 1.29 is 9.53 Å². The summed E-state index contributed by atoms with van der Waals surface area (Å²) in [5.74, 6) is 1.51. The SMILES string of the molecule is COc1cc2c(cc1Nc1ncc(Cl)c(N[C@H]3[C@@H](C(N)=O)[C@@H]4C=C[C@H]3C4)n1)CCC(N1CCN(C)CC1)CC2. The van der Waals surface area contributed by atoms with Crippen molar-refractivity contribution in [3.05, 3.63) is 46.6 Å². The number of allylic oxidation sites excluding steroid dienone is 1. The molecular formula is C29H38ClN7O2. The van der Waals surface area contributed by atoms with E-state index in [4.69, 9.17) is 22.1 Å². The van der Waals surface area contributed by atoms with Gasteiger partial charge in [-0.15, -0.1) is 0 Å². The van der Waals surface area contributed by atoms with Crippen LogP contribution in [0.5, 0.6) is 5.75 Å². The third-order valence-corrected chi connectivity index (χ3v) is 9.43. The van der Waals surface area contributed by atoms with Gasteiger partial charge in [0.2, 0.25) is 11.9 Å². The Morgan fingerprint density at radius 3 is 2.54 bits per heavy atom. The Morgan fingerprint density at radius 2 is 1.82 bits per heavy atom. The number of aryl methyl sites for hydroxylation is 2. The van der Waals surface area contributed by atoms with Crippen molar-refractivity contribution in [1.29, 1.82) is 0 Å². The van der Waals surface area contributed by atoms with Crippen LogP contribution in [0.25, 0.3) is 0 Å². The summed E-state index contributed by atoms with van der Waals surface area (Å²) in [6.07, 6.45) is 11.2. The Labute approximate surface area is 235 Å². The average Bonchev–Trinajstić information content (AvgIpc) is 3.47. The average molecular weight is 552 g/mol. The van der Waals surface area contributed by atoms with Crippen molar-refractivity contribution in [2.75, 3.05) is 51.0 Å². The predicted molar refractivity (Wildman–Crippen MR) is 154 cm³/mol. The van der Waals surface area contributed by atoms with Gasteiger partial charge in [0, 0.05) is 38.3 Å². The summed E-state index contributed by atoms with van der Waals surface area (Å²) < 4.78 is 5.78. The number of ether oxygens (including phenoxy) is 1. The third kappa shape index (κ3) is 5.32. The van der Waals surface area contributed by atoms with Gasteiger partial charge >= 0.3 is 0 Å². The molecule has 39 heavy (non-hydrogen) atoms. The summed E-state index contributed by atoms with van der Waals surface area (Å²) in [6, 6.07) is 4.84. The fraction of sp³-hybridized carbons (Fsp3) is 0.552. The number of anilines is 3. The number of nitrogens with zero attached hydrogens (tertiary/aromatic N) is 4. The highest BCUT2D eigenvalue weighted by molar-refractivity contribution is 6.32. The zero-order valence-electron chi connectivity index (χ0n) is 22.7. The summed E-state index contributed by atoms with van der Waals surface area (Å²) in [4.78, 5) is 26.4. The van der Waals surface area contributed by atoms with E-state index in [9.17, 15) is 4.79 Å². The largest absolute Gasteiger partial charge is 0.495 e. The Kier molecular flexibility index (Phi) is 7.39. The molecule has 4 N–H and O–H groups in total. The molecule has 0 radical (unpaired) electrons. The standard InChI is InChI=1S/C29H38ClN7O2/c1-36-9-11-37(12-10-36)21-7-5-17-14-23(24(39-2)15-18(17)6-8-21)33-29-32-16-22(30)28(35-29)34-26-20-4-3-19(13-20)25(26)27(31)38/h3-4,14-16,19-21,25-26H,5-13H2,1-2H3,(H2,31,38)(H2,32,33,34,35)/t19-,20+,21?,25+,26-/m1/s1. The molecule has 9 nitrogen and oxygen atoms in total. The number of carbonyl (C=O) groups excluding carboxylic acids is 1. The smallest absolute Gasteiger partial charge is 0.229 e. The maximum atomic E-state index is 12.2. The van der Waals surface area contributed by atoms with Gasteiger partial charge in [0.1, 0.15) is 10.8 Å². The second-order valence-corrected chi connectivity index (χ2v) is 11.9. The van der Waals surface area contributed by atoms with Crippen molar-refractivity contribution in [3.63, 3.8) is 0 Å². The van der Waals surface area contributed by atoms with Crippen LogP contribution >= 0.6 is 11.6 Å². The molecule has 1 aliphatic heterocycles. The monoisotopic (exact) mass is 551 g/mol. The lowest BCUT2D eigenvalue weighted by Gasteiger charge is -2.37. The number of carbonyl (C=O) groups is 1. The van der Waals surface area contributed by atoms with Gasteiger partial charge in [-0.25, -0.2) is 4.98 Å². The predicted octanol–water partition coefficient (Wildman–Crippen LogP) is 3.46. The Bertz CT molecular complexity index is 1260. The number of methoxy groups -OCH3 is 1. The van der Waals surface area contributed by atoms with Crippen molar-refractivity contribution >= 4 is 35.0 Å². The first-order chi connectivity index (χ1) is 18.9. The first-order valence-corrected chi connectivity index (χ1v) is 14.4. The number of nitrogens with two attached hydrogens (primary N) is 1. The number of benzene rings is 1. The minimum Gasteiger partial charge on any atom is -0.495 e. The van der Waals surface area contributed by atoms with E-state index in [1.807, 2.05) is 0 Å². The van der Waals surface area contributed by atoms with E-state index in [1.54, 1.807) is 13.3 Å². The van der Waals surface area contributed by atoms with Crippen LogP contribution in [0.4, 0.5) is 17.5 Å². The van der Waals surface area contributed by atoms with E-state index in [-0.39, 0.29) is 29.7 Å². The number of aromatic nitrogens is 2. The highest BCUT2D eigenvalue weighted by atomic mass is 35.5. The van der Waals surface area contributed by atoms with Gasteiger partial charge in [-0.2, -0.15) is 4.98 Å². The maximum Gasteiger partial charge on any atom is 0.229 e. The van der Waals surface area contributed by atoms with Crippen molar-refractivity contribution in [2.24, 2.45) is 23.5 Å². The summed E-state index contributed by atoms with van der Waals surface area (Å²) in [5, 5.41) is 7.18. The topological polar surface area (TPSA) is 109 Å². The summed E-state index contributed by atoms with van der Waals surface area (Å²) >= 11 is 6.48. The number of rotatable bonds is 7. The Morgan fingerprint density at radius 1 is 1.10 bits per heavy atom. The zero-order chi connectivity index (χ0) is 27.1. The van der Waals surface area contributed by atoms with E-state index >= 15 is 0 Å². The molecule has 1 amide bonds. The molecule has 2 heterocycles. The number of likely N-dealkylation sites (N-methyl/N-ethyl adjacent to an activating group) is 1. The van der Waals surface area contributed by atoms with Gasteiger partial charge in [-0.05, 0) is 74.2 Å². The fourth-order valence-electron chi connectivity index (χ4n) is 6.95. The lowest BCUT2D eigenvalue weighted by atomic mass is 9.88. The van der Waals surface area contributed by atoms with E-state index < -0.39 is 0 Å². The Hall–Kier alpha value is -2.88. The minimum absolute atomic E-state index is 0.131. The molecule has 2 aromatic rings. The van der Waals surface area contributed by atoms with Gasteiger partial charge in [0.25, 0.3) is 0 Å². The van der Waals surface area contributed by atoms with Gasteiger partial charge in [0.15, 0.2) is 5.82 Å². The minimum atomic E-state index is -0.294. The first-order valence-electron chi connectivity index (χ1n) is 14.1. The molecule has 4 aliphatic rings. The van der Waals surface area contributed by atoms with E-state index in [0.29, 0.717) is 22.8 Å². The number of halogens is 1. The molecule has 2 fully saturated rings. The lowest BCUT2D eigenvalue weighted by molar-refractivity contribution is -0.122. The summed E-state index contributed by atoms with van der Waals surface area (Å²) in [7, 11) is 3.90. The maximum absolute atomic E-state index is 12.2. The van der Waals surface area contributed by atoms with Crippen LogP contribution in [-0.4, -0.2) is 78.1 Å². The van der Waals surface area contributed by atoms with Crippen molar-refractivity contribution in [3.8, 4) is 5.75 Å². The molecule has 2 bridgehead atoms. The Balaban J connectivity index is 1.19. The van der Waals surface area contributed by atoms with Crippen LogP contribution in [0.1, 0.15) is 30.4 Å². The lowest BCUT2D eigenvalue weighted by Crippen LogP contribution is -2.49. The molecular weight excluding hydrogens is 514 g/mol. The molecule has 1 aromatic carbocycles. The number of amides is 1. The van der Waals surface area contributed by atoms with Gasteiger partial charge in [0.05, 0.1) is 24.9 Å². The third-order valence-electron chi connectivity index (χ3n) is 9.15. The molecule has 10 heteroatoms. The molecule has 3 aliphatic carbocycles. The van der Waals surface area contributed by atoms with Gasteiger partial charge < -0.3 is 26.0 Å². The van der Waals surface area contributed by atoms with Crippen LogP contribution in [0.3, 0.4) is 0 Å². The number of nitrogens with one attached hydrogen (secondary N) is 2. The highest BCUT2D eigenvalue weighted by Crippen LogP contribution is 2.45. The second kappa shape index (κ2) is 10.9. The number of fused-ring (bicyclic) bond motifs is 3. The van der Waals surface area contributed by atoms with Crippen LogP contribution in [-0.2, 0) is 17.6 Å². The summed E-state index contributed by atoms with van der Waals surface area (Å²) in [5.41, 5.74) is 9.28. The molecule has 1 unspecified atom stereocenters. The van der Waals surface area contributed by atoms with E-state index in [2.05, 4.69) is 61.7 Å². The van der Waals surface area contributed by atoms with Crippen LogP contribution < -0.4 is 21.1 Å². The number of primary amides is 1. The number of hydrogen-bond acceptors (Lipinski definition) is 8. The van der Waals surface area contributed by atoms with Gasteiger partial charge in [-0.3, -0.25) is 9.69 Å². The van der Waals surface area contributed by atoms with Crippen molar-refractivity contribution in [1.82, 2.24) is 19.8 Å². The molecule has 208 valence electrons. The fourth-order valence-corrected chi connectivity index (χ4v) is 7.10. The quantitative estimate of drug-likeness (QED) is 0.355. The molecule has 0 spiro atoms.